The Labute approximate surface area is 112 Å². The van der Waals surface area contributed by atoms with Crippen LogP contribution >= 0.6 is 31.9 Å². The number of likely N-dealkylation sites (N-methyl/N-ethyl adjacent to an activating group) is 1. The molecule has 0 aliphatic carbocycles. The van der Waals surface area contributed by atoms with Crippen molar-refractivity contribution in [2.75, 3.05) is 13.6 Å². The third-order valence-electron chi connectivity index (χ3n) is 2.28. The van der Waals surface area contributed by atoms with Gasteiger partial charge in [0.05, 0.1) is 6.54 Å². The number of rotatable bonds is 4. The molecule has 2 N–H and O–H groups in total. The maximum atomic E-state index is 11.1. The standard InChI is InChI=1S/C11H14Br2N2O/c1-7(15-6-11(16)14-2)9-4-3-8(12)5-10(9)13/h3-5,7,15H,6H2,1-2H3,(H,14,16). The van der Waals surface area contributed by atoms with E-state index in [1.807, 2.05) is 25.1 Å². The van der Waals surface area contributed by atoms with Crippen LogP contribution in [0.2, 0.25) is 0 Å². The Morgan fingerprint density at radius 1 is 1.44 bits per heavy atom. The Morgan fingerprint density at radius 3 is 2.69 bits per heavy atom. The van der Waals surface area contributed by atoms with Gasteiger partial charge in [-0.25, -0.2) is 0 Å². The summed E-state index contributed by atoms with van der Waals surface area (Å²) in [7, 11) is 1.63. The summed E-state index contributed by atoms with van der Waals surface area (Å²) < 4.78 is 2.06. The predicted molar refractivity (Wildman–Crippen MR) is 72.3 cm³/mol. The van der Waals surface area contributed by atoms with E-state index >= 15 is 0 Å². The molecule has 0 radical (unpaired) electrons. The van der Waals surface area contributed by atoms with Gasteiger partial charge in [0.25, 0.3) is 0 Å². The second-order valence-corrected chi connectivity index (χ2v) is 5.21. The normalized spacial score (nSPS) is 12.2. The second-order valence-electron chi connectivity index (χ2n) is 3.44. The minimum absolute atomic E-state index is 0.0138. The maximum Gasteiger partial charge on any atom is 0.233 e. The van der Waals surface area contributed by atoms with Crippen molar-refractivity contribution < 1.29 is 4.79 Å². The van der Waals surface area contributed by atoms with E-state index in [4.69, 9.17) is 0 Å². The number of amides is 1. The van der Waals surface area contributed by atoms with E-state index in [2.05, 4.69) is 42.5 Å². The minimum Gasteiger partial charge on any atom is -0.358 e. The van der Waals surface area contributed by atoms with Crippen LogP contribution in [0.15, 0.2) is 27.1 Å². The van der Waals surface area contributed by atoms with Crippen molar-refractivity contribution in [3.05, 3.63) is 32.7 Å². The molecule has 0 saturated carbocycles. The van der Waals surface area contributed by atoms with E-state index in [1.165, 1.54) is 0 Å². The van der Waals surface area contributed by atoms with Gasteiger partial charge in [-0.1, -0.05) is 37.9 Å². The summed E-state index contributed by atoms with van der Waals surface area (Å²) in [5.74, 6) is -0.0138. The molecule has 1 atom stereocenters. The van der Waals surface area contributed by atoms with E-state index in [1.54, 1.807) is 7.05 Å². The average molecular weight is 350 g/mol. The van der Waals surface area contributed by atoms with Crippen LogP contribution in [0.1, 0.15) is 18.5 Å². The lowest BCUT2D eigenvalue weighted by atomic mass is 10.1. The number of nitrogens with one attached hydrogen (secondary N) is 2. The Hall–Kier alpha value is -0.390. The number of carbonyl (C=O) groups excluding carboxylic acids is 1. The van der Waals surface area contributed by atoms with Gasteiger partial charge in [0.1, 0.15) is 0 Å². The van der Waals surface area contributed by atoms with Gasteiger partial charge in [0, 0.05) is 22.0 Å². The highest BCUT2D eigenvalue weighted by Gasteiger charge is 2.10. The van der Waals surface area contributed by atoms with Gasteiger partial charge in [0.2, 0.25) is 5.91 Å². The smallest absolute Gasteiger partial charge is 0.233 e. The minimum atomic E-state index is -0.0138. The van der Waals surface area contributed by atoms with Crippen molar-refractivity contribution in [3.8, 4) is 0 Å². The third-order valence-corrected chi connectivity index (χ3v) is 3.46. The largest absolute Gasteiger partial charge is 0.358 e. The summed E-state index contributed by atoms with van der Waals surface area (Å²) in [4.78, 5) is 11.1. The van der Waals surface area contributed by atoms with Crippen LogP contribution in [0.5, 0.6) is 0 Å². The van der Waals surface area contributed by atoms with E-state index in [9.17, 15) is 4.79 Å². The van der Waals surface area contributed by atoms with Gasteiger partial charge in [-0.05, 0) is 24.6 Å². The zero-order chi connectivity index (χ0) is 12.1. The first-order valence-corrected chi connectivity index (χ1v) is 6.52. The molecule has 16 heavy (non-hydrogen) atoms. The number of halogens is 2. The number of carbonyl (C=O) groups is 1. The Bertz CT molecular complexity index is 382. The molecule has 1 unspecified atom stereocenters. The molecule has 1 amide bonds. The van der Waals surface area contributed by atoms with Crippen LogP contribution in [-0.4, -0.2) is 19.5 Å². The van der Waals surface area contributed by atoms with Gasteiger partial charge in [-0.15, -0.1) is 0 Å². The Morgan fingerprint density at radius 2 is 2.12 bits per heavy atom. The van der Waals surface area contributed by atoms with Gasteiger partial charge in [0.15, 0.2) is 0 Å². The first kappa shape index (κ1) is 13.7. The van der Waals surface area contributed by atoms with Crippen LogP contribution < -0.4 is 10.6 Å². The van der Waals surface area contributed by atoms with Crippen LogP contribution in [-0.2, 0) is 4.79 Å². The van der Waals surface area contributed by atoms with Gasteiger partial charge in [-0.3, -0.25) is 4.79 Å². The summed E-state index contributed by atoms with van der Waals surface area (Å²) in [6, 6.07) is 6.13. The predicted octanol–water partition coefficient (Wildman–Crippen LogP) is 2.61. The fourth-order valence-corrected chi connectivity index (χ4v) is 2.69. The van der Waals surface area contributed by atoms with E-state index in [-0.39, 0.29) is 11.9 Å². The summed E-state index contributed by atoms with van der Waals surface area (Å²) in [6.45, 7) is 2.34. The van der Waals surface area contributed by atoms with Crippen molar-refractivity contribution in [2.24, 2.45) is 0 Å². The van der Waals surface area contributed by atoms with Crippen molar-refractivity contribution in [1.82, 2.24) is 10.6 Å². The zero-order valence-electron chi connectivity index (χ0n) is 9.18. The number of hydrogen-bond acceptors (Lipinski definition) is 2. The molecule has 0 aromatic heterocycles. The zero-order valence-corrected chi connectivity index (χ0v) is 12.4. The van der Waals surface area contributed by atoms with E-state index in [0.29, 0.717) is 6.54 Å². The molecule has 1 rings (SSSR count). The Balaban J connectivity index is 2.65. The topological polar surface area (TPSA) is 41.1 Å². The maximum absolute atomic E-state index is 11.1. The number of hydrogen-bond donors (Lipinski definition) is 2. The molecule has 0 saturated heterocycles. The van der Waals surface area contributed by atoms with Gasteiger partial charge >= 0.3 is 0 Å². The molecule has 1 aromatic rings. The molecule has 3 nitrogen and oxygen atoms in total. The monoisotopic (exact) mass is 348 g/mol. The summed E-state index contributed by atoms with van der Waals surface area (Å²) >= 11 is 6.91. The molecule has 5 heteroatoms. The highest BCUT2D eigenvalue weighted by atomic mass is 79.9. The fraction of sp³-hybridized carbons (Fsp3) is 0.364. The molecule has 0 fully saturated rings. The van der Waals surface area contributed by atoms with Crippen molar-refractivity contribution in [2.45, 2.75) is 13.0 Å². The molecule has 0 aliphatic rings. The van der Waals surface area contributed by atoms with Crippen molar-refractivity contribution >= 4 is 37.8 Å². The van der Waals surface area contributed by atoms with Gasteiger partial charge < -0.3 is 10.6 Å². The highest BCUT2D eigenvalue weighted by molar-refractivity contribution is 9.11. The summed E-state index contributed by atoms with van der Waals surface area (Å²) in [5, 5.41) is 5.73. The van der Waals surface area contributed by atoms with Crippen LogP contribution in [0.4, 0.5) is 0 Å². The SMILES string of the molecule is CNC(=O)CNC(C)c1ccc(Br)cc1Br. The quantitative estimate of drug-likeness (QED) is 0.877. The van der Waals surface area contributed by atoms with Crippen LogP contribution in [0, 0.1) is 0 Å². The van der Waals surface area contributed by atoms with Gasteiger partial charge in [-0.2, -0.15) is 0 Å². The highest BCUT2D eigenvalue weighted by Crippen LogP contribution is 2.26. The first-order valence-electron chi connectivity index (χ1n) is 4.93. The molecule has 0 heterocycles. The first-order chi connectivity index (χ1) is 7.54. The average Bonchev–Trinajstić information content (AvgIpc) is 2.25. The van der Waals surface area contributed by atoms with Crippen LogP contribution in [0.25, 0.3) is 0 Å². The van der Waals surface area contributed by atoms with E-state index < -0.39 is 0 Å². The summed E-state index contributed by atoms with van der Waals surface area (Å²) in [5.41, 5.74) is 1.13. The van der Waals surface area contributed by atoms with E-state index in [0.717, 1.165) is 14.5 Å². The molecular weight excluding hydrogens is 336 g/mol. The molecular formula is C11H14Br2N2O. The number of benzene rings is 1. The second kappa shape index (κ2) is 6.37. The van der Waals surface area contributed by atoms with Crippen LogP contribution in [0.3, 0.4) is 0 Å². The third kappa shape index (κ3) is 3.88. The van der Waals surface area contributed by atoms with Crippen molar-refractivity contribution in [3.63, 3.8) is 0 Å². The molecule has 1 aromatic carbocycles. The fourth-order valence-electron chi connectivity index (χ4n) is 1.30. The molecule has 88 valence electrons. The lowest BCUT2D eigenvalue weighted by Gasteiger charge is -2.15. The molecule has 0 spiro atoms. The lowest BCUT2D eigenvalue weighted by Crippen LogP contribution is -2.32. The summed E-state index contributed by atoms with van der Waals surface area (Å²) in [6.07, 6.45) is 0. The lowest BCUT2D eigenvalue weighted by molar-refractivity contribution is -0.119. The molecule has 0 bridgehead atoms. The molecule has 0 aliphatic heterocycles. The van der Waals surface area contributed by atoms with Crippen molar-refractivity contribution in [1.29, 1.82) is 0 Å². The Kier molecular flexibility index (Phi) is 5.44.